The lowest BCUT2D eigenvalue weighted by atomic mass is 9.33. The summed E-state index contributed by atoms with van der Waals surface area (Å²) in [6.07, 6.45) is -64.0. The van der Waals surface area contributed by atoms with Crippen molar-refractivity contribution in [3.05, 3.63) is 11.6 Å². The van der Waals surface area contributed by atoms with E-state index in [1.165, 1.54) is 20.8 Å². The highest BCUT2D eigenvalue weighted by Gasteiger charge is 2.72. The van der Waals surface area contributed by atoms with E-state index < -0.39 is 324 Å². The fourth-order valence-electron chi connectivity index (χ4n) is 22.5. The molecule has 0 spiro atoms. The Morgan fingerprint density at radius 2 is 0.877 bits per heavy atom. The molecule has 9 aliphatic heterocycles. The number of ether oxygens (including phenoxy) is 18. The molecular weight excluding hydrogens is 1630 g/mol. The molecular formula is C80H130O42. The zero-order chi connectivity index (χ0) is 88.6. The number of hydrogen-bond donors (Lipinski definition) is 23. The van der Waals surface area contributed by atoms with Crippen LogP contribution < -0.4 is 0 Å². The standard InChI is InChI=1S/C80H130O42/c1-28-42(86)51(95)56(100)65(110-28)108-25-37-49(93)53(97)64(121-68-57(101)52(96)48(92)36(21-81)113-68)73(114-37)115-38-26-109-67(55(99)50(38)94)118-61-44(88)30(3)112-70(59(61)103)120-63-47(91)35(85)24-107-72(63)122-74(104)80-18-16-75(4,5)20-32(80)31-10-11-40-76(6)14-13-41(77(7,27-82)39(76)12-15-79(40,9)78(31,8)17-19-80)116-71-62(46(90)34(84)23-106-71)119-69-58(102)60(43(87)29(2)111-69)117-66-54(98)45(89)33(83)22-105-66/h10,28-30,32-73,81-103H,11-27H2,1-9H3/t28-,29-,30-,32?,33+,34-,35-,36+,37+,38+,39?,40?,41-,42-,43-,44-,45-,46-,47-,48-,49+,50-,51-,52-,53-,54+,55+,56+,57+,58+,59+,60+,61+,62+,63+,64+,65+,66-,67-,68+,69-,70+,71-,72?,73-,76-,77+,78?,79+,80-/m0/s1. The van der Waals surface area contributed by atoms with Gasteiger partial charge in [0.25, 0.3) is 0 Å². The molecule has 50 atom stereocenters. The maximum absolute atomic E-state index is 15.8. The molecule has 9 saturated heterocycles. The second-order valence-electron chi connectivity index (χ2n) is 38.4. The summed E-state index contributed by atoms with van der Waals surface area (Å²) in [5, 5.41) is 255. The Morgan fingerprint density at radius 3 is 1.48 bits per heavy atom. The quantitative estimate of drug-likeness (QED) is 0.0288. The third-order valence-corrected chi connectivity index (χ3v) is 30.5. The monoisotopic (exact) mass is 1760 g/mol. The van der Waals surface area contributed by atoms with Crippen molar-refractivity contribution in [2.24, 2.45) is 50.2 Å². The van der Waals surface area contributed by atoms with E-state index in [0.29, 0.717) is 64.2 Å². The van der Waals surface area contributed by atoms with E-state index in [1.807, 2.05) is 6.92 Å². The minimum atomic E-state index is -2.15. The van der Waals surface area contributed by atoms with Crippen LogP contribution in [0.15, 0.2) is 11.6 Å². The average molecular weight is 1760 g/mol. The predicted molar refractivity (Wildman–Crippen MR) is 399 cm³/mol. The van der Waals surface area contributed by atoms with Crippen molar-refractivity contribution in [1.29, 1.82) is 0 Å². The molecule has 14 rings (SSSR count). The molecule has 0 amide bonds. The van der Waals surface area contributed by atoms with E-state index in [1.54, 1.807) is 0 Å². The summed E-state index contributed by atoms with van der Waals surface area (Å²) in [5.74, 6) is -1.18. The molecule has 13 fully saturated rings. The number of esters is 1. The van der Waals surface area contributed by atoms with Crippen LogP contribution >= 0.6 is 0 Å². The lowest BCUT2D eigenvalue weighted by molar-refractivity contribution is -0.391. The van der Waals surface area contributed by atoms with Gasteiger partial charge < -0.3 is 203 Å². The summed E-state index contributed by atoms with van der Waals surface area (Å²) >= 11 is 0. The average Bonchev–Trinajstić information content (AvgIpc) is 0.672. The number of fused-ring (bicyclic) bond motifs is 7. The van der Waals surface area contributed by atoms with Crippen LogP contribution in [0.1, 0.15) is 127 Å². The minimum absolute atomic E-state index is 0.0240. The molecule has 23 N–H and O–H groups in total. The van der Waals surface area contributed by atoms with Crippen LogP contribution in [0.4, 0.5) is 0 Å². The van der Waals surface area contributed by atoms with Gasteiger partial charge in [-0.25, -0.2) is 0 Å². The molecule has 0 bridgehead atoms. The van der Waals surface area contributed by atoms with Gasteiger partial charge in [0, 0.05) is 5.41 Å². The van der Waals surface area contributed by atoms with Crippen LogP contribution in [-0.2, 0) is 90.1 Å². The van der Waals surface area contributed by atoms with Crippen LogP contribution in [-0.4, -0.2) is 428 Å². The molecule has 42 heteroatoms. The largest absolute Gasteiger partial charge is 0.432 e. The Morgan fingerprint density at radius 1 is 0.402 bits per heavy atom. The van der Waals surface area contributed by atoms with Gasteiger partial charge in [0.1, 0.15) is 171 Å². The van der Waals surface area contributed by atoms with Crippen molar-refractivity contribution in [2.45, 2.75) is 385 Å². The highest BCUT2D eigenvalue weighted by molar-refractivity contribution is 5.79. The van der Waals surface area contributed by atoms with Gasteiger partial charge in [-0.3, -0.25) is 4.79 Å². The summed E-state index contributed by atoms with van der Waals surface area (Å²) in [7, 11) is 0. The number of aliphatic hydroxyl groups is 23. The second-order valence-corrected chi connectivity index (χ2v) is 38.4. The first-order chi connectivity index (χ1) is 57.4. The zero-order valence-corrected chi connectivity index (χ0v) is 69.6. The number of allylic oxidation sites excluding steroid dienone is 2. The summed E-state index contributed by atoms with van der Waals surface area (Å²) < 4.78 is 108. The van der Waals surface area contributed by atoms with Gasteiger partial charge in [0.2, 0.25) is 6.29 Å². The van der Waals surface area contributed by atoms with Crippen molar-refractivity contribution in [3.8, 4) is 0 Å². The molecule has 702 valence electrons. The molecule has 5 unspecified atom stereocenters. The molecule has 0 aromatic carbocycles. The Bertz CT molecular complexity index is 3520. The van der Waals surface area contributed by atoms with Gasteiger partial charge in [-0.2, -0.15) is 0 Å². The maximum Gasteiger partial charge on any atom is 0.315 e. The Balaban J connectivity index is 0.640. The van der Waals surface area contributed by atoms with E-state index in [4.69, 9.17) is 85.3 Å². The summed E-state index contributed by atoms with van der Waals surface area (Å²) in [6, 6.07) is 0. The molecule has 0 aromatic rings. The molecule has 122 heavy (non-hydrogen) atoms. The van der Waals surface area contributed by atoms with E-state index >= 15 is 4.79 Å². The van der Waals surface area contributed by atoms with Gasteiger partial charge in [0.05, 0.1) is 76.1 Å². The number of hydrogen-bond acceptors (Lipinski definition) is 42. The zero-order valence-electron chi connectivity index (χ0n) is 69.6. The number of aliphatic hydroxyl groups excluding tert-OH is 23. The highest BCUT2D eigenvalue weighted by Crippen LogP contribution is 2.76. The Labute approximate surface area is 703 Å². The van der Waals surface area contributed by atoms with Crippen molar-refractivity contribution in [1.82, 2.24) is 0 Å². The van der Waals surface area contributed by atoms with Crippen LogP contribution in [0.25, 0.3) is 0 Å². The Kier molecular flexibility index (Phi) is 29.0. The van der Waals surface area contributed by atoms with E-state index in [2.05, 4.69) is 40.7 Å². The third kappa shape index (κ3) is 17.2. The number of carbonyl (C=O) groups excluding carboxylic acids is 1. The van der Waals surface area contributed by atoms with Crippen molar-refractivity contribution >= 4 is 5.97 Å². The summed E-state index contributed by atoms with van der Waals surface area (Å²) in [4.78, 5) is 15.8. The van der Waals surface area contributed by atoms with E-state index in [9.17, 15) is 117 Å². The number of rotatable bonds is 21. The SMILES string of the molecule is C[C@@H]1O[C@@H](OC[C@H]2O[C@@H](O[C@@H]3CO[C@@H](O[C@@H]4[C@@H](O)[C@H](C)O[C@H](O[C@H]5C(OC(=O)[C@]67CCC(C)(C)CC6C6=CCC8[C@@]9(C)CC[C@H](O[C@@H]%10OC[C@H](O)[C@H](O)[C@H]%10O[C@@H]%10O[C@@H](C)[C@H](O)[C@@H](O[C@@H]%11OC[C@@H](O)[C@H](O)[C@H]%11O)[C@H]%10O)[C@](C)(CO)C9CC[C@@]8(C)C6(C)CC7)OC[C@H](O)[C@@H]5O)[C@@H]4O)[C@H](O)[C@H]3O)[C@H](O[C@H]3O[C@H](CO)[C@H](O)[C@H](O)[C@H]3O)[C@@H](O)[C@@H]2O)[C@H](O)[C@@H](O)[C@H]1O. The van der Waals surface area contributed by atoms with Crippen LogP contribution in [0.3, 0.4) is 0 Å². The molecule has 9 heterocycles. The molecule has 0 aromatic heterocycles. The highest BCUT2D eigenvalue weighted by atomic mass is 16.8. The predicted octanol–water partition coefficient (Wildman–Crippen LogP) is -8.30. The van der Waals surface area contributed by atoms with Gasteiger partial charge in [0.15, 0.2) is 56.4 Å². The van der Waals surface area contributed by atoms with Gasteiger partial charge in [-0.1, -0.05) is 53.2 Å². The van der Waals surface area contributed by atoms with Crippen LogP contribution in [0.2, 0.25) is 0 Å². The third-order valence-electron chi connectivity index (χ3n) is 30.5. The lowest BCUT2D eigenvalue weighted by Gasteiger charge is -2.71. The van der Waals surface area contributed by atoms with Gasteiger partial charge in [-0.05, 0) is 124 Å². The molecule has 5 aliphatic carbocycles. The minimum Gasteiger partial charge on any atom is -0.432 e. The summed E-state index contributed by atoms with van der Waals surface area (Å²) in [5.41, 5.74) is -2.59. The molecule has 4 saturated carbocycles. The first-order valence-electron chi connectivity index (χ1n) is 42.8. The van der Waals surface area contributed by atoms with Crippen molar-refractivity contribution < 1.29 is 208 Å². The normalized spacial score (nSPS) is 55.5. The van der Waals surface area contributed by atoms with Crippen molar-refractivity contribution in [3.63, 3.8) is 0 Å². The summed E-state index contributed by atoms with van der Waals surface area (Å²) in [6.45, 7) is 13.4. The van der Waals surface area contributed by atoms with Gasteiger partial charge >= 0.3 is 5.97 Å². The molecule has 14 aliphatic rings. The number of carbonyl (C=O) groups is 1. The van der Waals surface area contributed by atoms with E-state index in [0.717, 1.165) is 5.57 Å². The van der Waals surface area contributed by atoms with Gasteiger partial charge in [-0.15, -0.1) is 0 Å². The Hall–Kier alpha value is -2.39. The maximum atomic E-state index is 15.8. The second kappa shape index (κ2) is 37.0. The molecule has 0 radical (unpaired) electrons. The first-order valence-corrected chi connectivity index (χ1v) is 42.8. The fraction of sp³-hybridized carbons (Fsp3) is 0.963. The van der Waals surface area contributed by atoms with E-state index in [-0.39, 0.29) is 36.4 Å². The van der Waals surface area contributed by atoms with Crippen LogP contribution in [0, 0.1) is 50.2 Å². The van der Waals surface area contributed by atoms with Crippen molar-refractivity contribution in [2.75, 3.05) is 46.2 Å². The van der Waals surface area contributed by atoms with Crippen LogP contribution in [0.5, 0.6) is 0 Å². The fourth-order valence-corrected chi connectivity index (χ4v) is 22.5. The topological polar surface area (TPSA) is 649 Å². The molecule has 42 nitrogen and oxygen atoms in total. The first kappa shape index (κ1) is 95.7. The smallest absolute Gasteiger partial charge is 0.315 e. The lowest BCUT2D eigenvalue weighted by Crippen LogP contribution is -2.67.